The van der Waals surface area contributed by atoms with E-state index in [9.17, 15) is 0 Å². The first-order valence-corrected chi connectivity index (χ1v) is 6.24. The topological polar surface area (TPSA) is 45.1 Å². The smallest absolute Gasteiger partial charge is 0.126 e. The molecular weight excluding hydrogens is 224 g/mol. The van der Waals surface area contributed by atoms with Crippen LogP contribution < -0.4 is 5.32 Å². The first-order chi connectivity index (χ1) is 8.85. The number of rotatable bonds is 3. The highest BCUT2D eigenvalue weighted by Crippen LogP contribution is 2.23. The van der Waals surface area contributed by atoms with Crippen molar-refractivity contribution in [3.63, 3.8) is 0 Å². The van der Waals surface area contributed by atoms with Crippen molar-refractivity contribution in [1.29, 1.82) is 0 Å². The van der Waals surface area contributed by atoms with Crippen LogP contribution in [0.4, 0.5) is 5.82 Å². The van der Waals surface area contributed by atoms with E-state index in [1.807, 2.05) is 12.1 Å². The average molecular weight is 240 g/mol. The van der Waals surface area contributed by atoms with Gasteiger partial charge in [-0.25, -0.2) is 4.98 Å². The highest BCUT2D eigenvalue weighted by atomic mass is 16.3. The van der Waals surface area contributed by atoms with Gasteiger partial charge in [-0.05, 0) is 35.6 Å². The summed E-state index contributed by atoms with van der Waals surface area (Å²) in [5, 5.41) is 12.4. The molecule has 3 rings (SSSR count). The molecule has 1 aliphatic rings. The number of hydrogen-bond donors (Lipinski definition) is 2. The van der Waals surface area contributed by atoms with Crippen molar-refractivity contribution >= 4 is 5.82 Å². The van der Waals surface area contributed by atoms with Crippen molar-refractivity contribution in [2.45, 2.75) is 25.5 Å². The maximum Gasteiger partial charge on any atom is 0.126 e. The average Bonchev–Trinajstić information content (AvgIpc) is 2.82. The van der Waals surface area contributed by atoms with Gasteiger partial charge in [0.2, 0.25) is 0 Å². The van der Waals surface area contributed by atoms with Crippen LogP contribution in [0.15, 0.2) is 42.6 Å². The molecule has 0 radical (unpaired) electrons. The zero-order valence-corrected chi connectivity index (χ0v) is 10.1. The molecule has 1 aromatic heterocycles. The summed E-state index contributed by atoms with van der Waals surface area (Å²) in [5.74, 6) is 0.880. The fourth-order valence-corrected chi connectivity index (χ4v) is 2.47. The number of aliphatic hydroxyl groups excluding tert-OH is 1. The monoisotopic (exact) mass is 240 g/mol. The summed E-state index contributed by atoms with van der Waals surface area (Å²) >= 11 is 0. The zero-order valence-electron chi connectivity index (χ0n) is 10.1. The second-order valence-electron chi connectivity index (χ2n) is 4.73. The lowest BCUT2D eigenvalue weighted by molar-refractivity contribution is 0.281. The Bertz CT molecular complexity index is 511. The lowest BCUT2D eigenvalue weighted by Gasteiger charge is -2.12. The Morgan fingerprint density at radius 3 is 2.39 bits per heavy atom. The molecule has 2 aromatic rings. The summed E-state index contributed by atoms with van der Waals surface area (Å²) < 4.78 is 0. The molecule has 0 atom stereocenters. The van der Waals surface area contributed by atoms with Gasteiger partial charge < -0.3 is 10.4 Å². The quantitative estimate of drug-likeness (QED) is 0.864. The highest BCUT2D eigenvalue weighted by molar-refractivity contribution is 5.41. The van der Waals surface area contributed by atoms with Crippen LogP contribution in [0.5, 0.6) is 0 Å². The van der Waals surface area contributed by atoms with Gasteiger partial charge >= 0.3 is 0 Å². The summed E-state index contributed by atoms with van der Waals surface area (Å²) in [6.07, 6.45) is 3.82. The Morgan fingerprint density at radius 2 is 1.83 bits per heavy atom. The van der Waals surface area contributed by atoms with E-state index in [-0.39, 0.29) is 6.61 Å². The lowest BCUT2D eigenvalue weighted by Crippen LogP contribution is -2.20. The number of hydrogen-bond acceptors (Lipinski definition) is 3. The summed E-state index contributed by atoms with van der Waals surface area (Å²) in [5.41, 5.74) is 3.71. The van der Waals surface area contributed by atoms with Gasteiger partial charge in [-0.15, -0.1) is 0 Å². The number of nitrogens with zero attached hydrogens (tertiary/aromatic N) is 1. The van der Waals surface area contributed by atoms with E-state index in [1.165, 1.54) is 11.1 Å². The van der Waals surface area contributed by atoms with E-state index >= 15 is 0 Å². The summed E-state index contributed by atoms with van der Waals surface area (Å²) in [7, 11) is 0. The van der Waals surface area contributed by atoms with Crippen molar-refractivity contribution < 1.29 is 5.11 Å². The predicted octanol–water partition coefficient (Wildman–Crippen LogP) is 2.15. The summed E-state index contributed by atoms with van der Waals surface area (Å²) in [6.45, 7) is 0.0438. The van der Waals surface area contributed by atoms with Crippen LogP contribution in [0.25, 0.3) is 0 Å². The molecular formula is C15H16N2O. The van der Waals surface area contributed by atoms with Gasteiger partial charge in [-0.1, -0.05) is 30.3 Å². The molecule has 0 fully saturated rings. The van der Waals surface area contributed by atoms with Crippen LogP contribution in [0.1, 0.15) is 16.7 Å². The first-order valence-electron chi connectivity index (χ1n) is 6.24. The number of aromatic nitrogens is 1. The molecule has 0 amide bonds. The molecule has 0 bridgehead atoms. The largest absolute Gasteiger partial charge is 0.392 e. The van der Waals surface area contributed by atoms with Crippen molar-refractivity contribution in [3.05, 3.63) is 59.3 Å². The highest BCUT2D eigenvalue weighted by Gasteiger charge is 2.20. The number of pyridine rings is 1. The van der Waals surface area contributed by atoms with Gasteiger partial charge in [0.15, 0.2) is 0 Å². The second kappa shape index (κ2) is 4.78. The standard InChI is InChI=1S/C15H16N2O/c18-10-11-5-6-15(16-9-11)17-14-7-12-3-1-2-4-13(12)8-14/h1-6,9,14,18H,7-8,10H2,(H,16,17). The van der Waals surface area contributed by atoms with Crippen LogP contribution in [-0.2, 0) is 19.4 Å². The van der Waals surface area contributed by atoms with Crippen molar-refractivity contribution in [2.24, 2.45) is 0 Å². The minimum atomic E-state index is 0.0438. The van der Waals surface area contributed by atoms with Gasteiger partial charge in [-0.3, -0.25) is 0 Å². The number of benzene rings is 1. The van der Waals surface area contributed by atoms with Gasteiger partial charge in [0.05, 0.1) is 6.61 Å². The van der Waals surface area contributed by atoms with Crippen molar-refractivity contribution in [2.75, 3.05) is 5.32 Å². The Labute approximate surface area is 107 Å². The van der Waals surface area contributed by atoms with Gasteiger partial charge in [0.1, 0.15) is 5.82 Å². The van der Waals surface area contributed by atoms with E-state index < -0.39 is 0 Å². The molecule has 0 saturated carbocycles. The third-order valence-corrected chi connectivity index (χ3v) is 3.41. The second-order valence-corrected chi connectivity index (χ2v) is 4.73. The van der Waals surface area contributed by atoms with E-state index in [2.05, 4.69) is 34.6 Å². The molecule has 92 valence electrons. The van der Waals surface area contributed by atoms with Crippen molar-refractivity contribution in [1.82, 2.24) is 4.98 Å². The molecule has 1 aliphatic carbocycles. The molecule has 3 heteroatoms. The van der Waals surface area contributed by atoms with Gasteiger partial charge in [0.25, 0.3) is 0 Å². The van der Waals surface area contributed by atoms with E-state index in [0.29, 0.717) is 6.04 Å². The zero-order chi connectivity index (χ0) is 12.4. The number of fused-ring (bicyclic) bond motifs is 1. The van der Waals surface area contributed by atoms with E-state index in [1.54, 1.807) is 6.20 Å². The molecule has 1 heterocycles. The minimum absolute atomic E-state index is 0.0438. The molecule has 0 saturated heterocycles. The SMILES string of the molecule is OCc1ccc(NC2Cc3ccccc3C2)nc1. The molecule has 3 nitrogen and oxygen atoms in total. The maximum absolute atomic E-state index is 8.97. The van der Waals surface area contributed by atoms with E-state index in [4.69, 9.17) is 5.11 Å². The fourth-order valence-electron chi connectivity index (χ4n) is 2.47. The van der Waals surface area contributed by atoms with Crippen molar-refractivity contribution in [3.8, 4) is 0 Å². The Balaban J connectivity index is 1.68. The Morgan fingerprint density at radius 1 is 1.11 bits per heavy atom. The Kier molecular flexibility index (Phi) is 2.99. The fraction of sp³-hybridized carbons (Fsp3) is 0.267. The van der Waals surface area contributed by atoms with E-state index in [0.717, 1.165) is 24.2 Å². The molecule has 18 heavy (non-hydrogen) atoms. The molecule has 0 unspecified atom stereocenters. The Hall–Kier alpha value is -1.87. The summed E-state index contributed by atoms with van der Waals surface area (Å²) in [6, 6.07) is 12.8. The van der Waals surface area contributed by atoms with Crippen LogP contribution in [0, 0.1) is 0 Å². The number of anilines is 1. The lowest BCUT2D eigenvalue weighted by atomic mass is 10.1. The van der Waals surface area contributed by atoms with Crippen LogP contribution in [-0.4, -0.2) is 16.1 Å². The van der Waals surface area contributed by atoms with Gasteiger partial charge in [-0.2, -0.15) is 0 Å². The molecule has 0 aliphatic heterocycles. The van der Waals surface area contributed by atoms with Crippen LogP contribution >= 0.6 is 0 Å². The summed E-state index contributed by atoms with van der Waals surface area (Å²) in [4.78, 5) is 4.30. The first kappa shape index (κ1) is 11.2. The van der Waals surface area contributed by atoms with Crippen LogP contribution in [0.3, 0.4) is 0 Å². The number of aliphatic hydroxyl groups is 1. The minimum Gasteiger partial charge on any atom is -0.392 e. The molecule has 1 aromatic carbocycles. The molecule has 2 N–H and O–H groups in total. The van der Waals surface area contributed by atoms with Gasteiger partial charge in [0, 0.05) is 12.2 Å². The number of nitrogens with one attached hydrogen (secondary N) is 1. The normalized spacial score (nSPS) is 14.5. The molecule has 0 spiro atoms. The maximum atomic E-state index is 8.97. The third-order valence-electron chi connectivity index (χ3n) is 3.41. The van der Waals surface area contributed by atoms with Crippen LogP contribution in [0.2, 0.25) is 0 Å². The third kappa shape index (κ3) is 2.22. The predicted molar refractivity (Wildman–Crippen MR) is 71.4 cm³/mol.